The van der Waals surface area contributed by atoms with Gasteiger partial charge in [0.25, 0.3) is 11.5 Å². The summed E-state index contributed by atoms with van der Waals surface area (Å²) in [7, 11) is 2.89. The minimum Gasteiger partial charge on any atom is -0.497 e. The van der Waals surface area contributed by atoms with Crippen LogP contribution in [0.25, 0.3) is 5.69 Å². The summed E-state index contributed by atoms with van der Waals surface area (Å²) in [5.74, 6) is 0.0905. The van der Waals surface area contributed by atoms with Crippen molar-refractivity contribution in [3.05, 3.63) is 50.8 Å². The monoisotopic (exact) mass is 372 g/mol. The van der Waals surface area contributed by atoms with Crippen molar-refractivity contribution in [2.24, 2.45) is 7.05 Å². The maximum absolute atomic E-state index is 12.7. The molecule has 0 bridgehead atoms. The Kier molecular flexibility index (Phi) is 5.73. The second-order valence-electron chi connectivity index (χ2n) is 6.77. The molecule has 8 heteroatoms. The van der Waals surface area contributed by atoms with Gasteiger partial charge in [-0.05, 0) is 37.1 Å². The van der Waals surface area contributed by atoms with E-state index in [0.29, 0.717) is 11.4 Å². The number of nitrogens with zero attached hydrogens (tertiary/aromatic N) is 3. The molecule has 1 fully saturated rings. The van der Waals surface area contributed by atoms with Crippen LogP contribution in [0.3, 0.4) is 0 Å². The summed E-state index contributed by atoms with van der Waals surface area (Å²) in [5.41, 5.74) is -1.15. The van der Waals surface area contributed by atoms with E-state index in [1.54, 1.807) is 31.4 Å². The van der Waals surface area contributed by atoms with Crippen LogP contribution in [0.4, 0.5) is 0 Å². The molecule has 1 aromatic carbocycles. The first kappa shape index (κ1) is 18.9. The van der Waals surface area contributed by atoms with Gasteiger partial charge in [0.05, 0.1) is 12.8 Å². The fraction of sp³-hybridized carbons (Fsp3) is 0.474. The Morgan fingerprint density at radius 3 is 2.33 bits per heavy atom. The first-order chi connectivity index (χ1) is 13.0. The van der Waals surface area contributed by atoms with E-state index in [1.807, 2.05) is 0 Å². The van der Waals surface area contributed by atoms with Gasteiger partial charge in [0.1, 0.15) is 5.75 Å². The first-order valence-corrected chi connectivity index (χ1v) is 9.17. The zero-order valence-electron chi connectivity index (χ0n) is 15.6. The molecule has 1 amide bonds. The fourth-order valence-corrected chi connectivity index (χ4v) is 3.28. The molecule has 144 valence electrons. The van der Waals surface area contributed by atoms with Crippen LogP contribution in [-0.2, 0) is 7.05 Å². The van der Waals surface area contributed by atoms with Gasteiger partial charge >= 0.3 is 5.69 Å². The highest BCUT2D eigenvalue weighted by atomic mass is 16.5. The number of hydrogen-bond donors (Lipinski definition) is 1. The Balaban J connectivity index is 1.95. The van der Waals surface area contributed by atoms with E-state index >= 15 is 0 Å². The standard InChI is InChI=1S/C19H24N4O4/c1-22-18(25)16(17(24)20-13-7-5-3-4-6-8-13)21-23(19(22)26)14-9-11-15(27-2)12-10-14/h9-13H,3-8H2,1-2H3,(H,20,24). The molecule has 0 saturated heterocycles. The number of carbonyl (C=O) groups is 1. The third-order valence-corrected chi connectivity index (χ3v) is 4.90. The highest BCUT2D eigenvalue weighted by Gasteiger charge is 2.22. The van der Waals surface area contributed by atoms with Crippen molar-refractivity contribution in [2.45, 2.75) is 44.6 Å². The van der Waals surface area contributed by atoms with Crippen LogP contribution in [0, 0.1) is 0 Å². The summed E-state index contributed by atoms with van der Waals surface area (Å²) in [6.45, 7) is 0. The van der Waals surface area contributed by atoms with Gasteiger partial charge in [-0.1, -0.05) is 25.7 Å². The van der Waals surface area contributed by atoms with Crippen LogP contribution in [0.2, 0.25) is 0 Å². The van der Waals surface area contributed by atoms with Crippen molar-refractivity contribution in [1.82, 2.24) is 19.7 Å². The van der Waals surface area contributed by atoms with Gasteiger partial charge in [-0.3, -0.25) is 14.2 Å². The molecule has 3 rings (SSSR count). The molecule has 1 aromatic heterocycles. The zero-order chi connectivity index (χ0) is 19.4. The molecule has 1 aliphatic carbocycles. The van der Waals surface area contributed by atoms with E-state index in [1.165, 1.54) is 7.05 Å². The smallest absolute Gasteiger partial charge is 0.351 e. The molecule has 1 N–H and O–H groups in total. The molecule has 1 aliphatic rings. The number of methoxy groups -OCH3 is 1. The largest absolute Gasteiger partial charge is 0.497 e. The molecule has 8 nitrogen and oxygen atoms in total. The van der Waals surface area contributed by atoms with Gasteiger partial charge in [0.15, 0.2) is 0 Å². The quantitative estimate of drug-likeness (QED) is 0.819. The van der Waals surface area contributed by atoms with Gasteiger partial charge in [-0.2, -0.15) is 9.78 Å². The van der Waals surface area contributed by atoms with Gasteiger partial charge < -0.3 is 10.1 Å². The summed E-state index contributed by atoms with van der Waals surface area (Å²) >= 11 is 0. The SMILES string of the molecule is COc1ccc(-n2nc(C(=O)NC3CCCCCC3)c(=O)n(C)c2=O)cc1. The van der Waals surface area contributed by atoms with Gasteiger partial charge in [0.2, 0.25) is 5.69 Å². The summed E-state index contributed by atoms with van der Waals surface area (Å²) in [5, 5.41) is 6.97. The number of amides is 1. The van der Waals surface area contributed by atoms with Gasteiger partial charge in [0, 0.05) is 13.1 Å². The minimum atomic E-state index is -0.698. The summed E-state index contributed by atoms with van der Waals surface area (Å²) in [6, 6.07) is 6.68. The summed E-state index contributed by atoms with van der Waals surface area (Å²) < 4.78 is 7.07. The lowest BCUT2D eigenvalue weighted by Gasteiger charge is -2.16. The number of rotatable bonds is 4. The molecule has 2 aromatic rings. The molecule has 0 aliphatic heterocycles. The normalized spacial score (nSPS) is 15.2. The minimum absolute atomic E-state index is 0.0351. The third-order valence-electron chi connectivity index (χ3n) is 4.90. The van der Waals surface area contributed by atoms with Crippen LogP contribution in [0.15, 0.2) is 33.9 Å². The Morgan fingerprint density at radius 1 is 1.11 bits per heavy atom. The third kappa shape index (κ3) is 4.10. The second-order valence-corrected chi connectivity index (χ2v) is 6.77. The van der Waals surface area contributed by atoms with Crippen LogP contribution >= 0.6 is 0 Å². The summed E-state index contributed by atoms with van der Waals surface area (Å²) in [6.07, 6.45) is 6.22. The molecule has 27 heavy (non-hydrogen) atoms. The average molecular weight is 372 g/mol. The lowest BCUT2D eigenvalue weighted by molar-refractivity contribution is 0.0923. The van der Waals surface area contributed by atoms with E-state index in [0.717, 1.165) is 47.8 Å². The highest BCUT2D eigenvalue weighted by molar-refractivity contribution is 5.92. The molecule has 0 spiro atoms. The van der Waals surface area contributed by atoms with E-state index in [4.69, 9.17) is 4.74 Å². The average Bonchev–Trinajstić information content (AvgIpc) is 2.95. The van der Waals surface area contributed by atoms with Crippen LogP contribution in [0.5, 0.6) is 5.75 Å². The fourth-order valence-electron chi connectivity index (χ4n) is 3.28. The number of hydrogen-bond acceptors (Lipinski definition) is 5. The Morgan fingerprint density at radius 2 is 1.74 bits per heavy atom. The predicted molar refractivity (Wildman–Crippen MR) is 101 cm³/mol. The van der Waals surface area contributed by atoms with Crippen molar-refractivity contribution in [2.75, 3.05) is 7.11 Å². The molecule has 0 atom stereocenters. The molecule has 0 radical (unpaired) electrons. The van der Waals surface area contributed by atoms with Gasteiger partial charge in [-0.25, -0.2) is 4.79 Å². The second kappa shape index (κ2) is 8.20. The lowest BCUT2D eigenvalue weighted by Crippen LogP contribution is -2.46. The number of aromatic nitrogens is 3. The molecule has 1 saturated carbocycles. The lowest BCUT2D eigenvalue weighted by atomic mass is 10.1. The highest BCUT2D eigenvalue weighted by Crippen LogP contribution is 2.17. The Bertz CT molecular complexity index is 922. The molecule has 1 heterocycles. The van der Waals surface area contributed by atoms with Crippen molar-refractivity contribution >= 4 is 5.91 Å². The number of nitrogens with one attached hydrogen (secondary N) is 1. The van der Waals surface area contributed by atoms with Crippen LogP contribution < -0.4 is 21.3 Å². The van der Waals surface area contributed by atoms with Crippen molar-refractivity contribution < 1.29 is 9.53 Å². The van der Waals surface area contributed by atoms with Crippen LogP contribution in [-0.4, -0.2) is 33.4 Å². The van der Waals surface area contributed by atoms with Crippen molar-refractivity contribution in [1.29, 1.82) is 0 Å². The topological polar surface area (TPSA) is 95.2 Å². The Hall–Kier alpha value is -2.90. The van der Waals surface area contributed by atoms with Crippen LogP contribution in [0.1, 0.15) is 49.0 Å². The molecule has 0 unspecified atom stereocenters. The number of benzene rings is 1. The maximum Gasteiger partial charge on any atom is 0.351 e. The molecular weight excluding hydrogens is 348 g/mol. The van der Waals surface area contributed by atoms with Gasteiger partial charge in [-0.15, -0.1) is 0 Å². The summed E-state index contributed by atoms with van der Waals surface area (Å²) in [4.78, 5) is 37.6. The first-order valence-electron chi connectivity index (χ1n) is 9.17. The van der Waals surface area contributed by atoms with E-state index < -0.39 is 17.2 Å². The van der Waals surface area contributed by atoms with Crippen molar-refractivity contribution in [3.8, 4) is 11.4 Å². The predicted octanol–water partition coefficient (Wildman–Crippen LogP) is 1.39. The van der Waals surface area contributed by atoms with E-state index in [9.17, 15) is 14.4 Å². The Labute approximate surface area is 156 Å². The number of carbonyl (C=O) groups excluding carboxylic acids is 1. The van der Waals surface area contributed by atoms with E-state index in [-0.39, 0.29) is 11.7 Å². The van der Waals surface area contributed by atoms with Crippen molar-refractivity contribution in [3.63, 3.8) is 0 Å². The zero-order valence-corrected chi connectivity index (χ0v) is 15.6. The number of ether oxygens (including phenoxy) is 1. The van der Waals surface area contributed by atoms with E-state index in [2.05, 4.69) is 10.4 Å². The maximum atomic E-state index is 12.7. The molecular formula is C19H24N4O4.